The number of carbonyl (C=O) groups is 4. The molecule has 17 nitrogen and oxygen atoms in total. The number of anilines is 1. The molecule has 4 N–H and O–H groups in total. The van der Waals surface area contributed by atoms with Crippen molar-refractivity contribution in [2.24, 2.45) is 17.3 Å². The average molecular weight is 1180 g/mol. The molecule has 0 spiro atoms. The Hall–Kier alpha value is -5.77. The molecule has 1 saturated carbocycles. The van der Waals surface area contributed by atoms with Crippen LogP contribution in [0, 0.1) is 44.9 Å². The van der Waals surface area contributed by atoms with Crippen LogP contribution >= 0.6 is 23.1 Å². The van der Waals surface area contributed by atoms with Gasteiger partial charge in [0.05, 0.1) is 81.6 Å². The van der Waals surface area contributed by atoms with Crippen molar-refractivity contribution in [1.82, 2.24) is 25.9 Å². The lowest BCUT2D eigenvalue weighted by Crippen LogP contribution is -2.53. The van der Waals surface area contributed by atoms with Gasteiger partial charge in [0.1, 0.15) is 6.61 Å². The summed E-state index contributed by atoms with van der Waals surface area (Å²) < 4.78 is 34.0. The third kappa shape index (κ3) is 19.1. The Kier molecular flexibility index (Phi) is 25.4. The number of thioether (sulfide) groups is 1. The molecule has 5 aromatic rings. The van der Waals surface area contributed by atoms with E-state index in [0.29, 0.717) is 96.0 Å². The summed E-state index contributed by atoms with van der Waals surface area (Å²) in [5.74, 6) is -1.03. The highest BCUT2D eigenvalue weighted by Crippen LogP contribution is 2.37. The lowest BCUT2D eigenvalue weighted by molar-refractivity contribution is -0.138. The van der Waals surface area contributed by atoms with E-state index in [1.807, 2.05) is 90.4 Å². The molecule has 0 bridgehead atoms. The summed E-state index contributed by atoms with van der Waals surface area (Å²) in [6, 6.07) is 22.1. The molecular weight excluding hydrogens is 1090 g/mol. The number of aryl methyl sites for hydroxylation is 3. The van der Waals surface area contributed by atoms with Crippen molar-refractivity contribution < 1.29 is 47.6 Å². The van der Waals surface area contributed by atoms with Gasteiger partial charge in [0.25, 0.3) is 11.5 Å². The van der Waals surface area contributed by atoms with Crippen LogP contribution in [0.5, 0.6) is 0 Å². The fourth-order valence-corrected chi connectivity index (χ4v) is 12.4. The molecule has 2 fully saturated rings. The standard InChI is InChI=1S/C64H86N6O11S2/c1-9-70(50-21-23-76-24-22-50)56-37-49(36-54(44(56)4)62(74)66-39-55-42(2)35-43(3)68-63(55)75)47-17-19-51(20-18-47)82-34-33-80-30-29-78-26-25-77-27-28-79-31-32-81-40-57(71)69-60(64(6,7)8)58(72)52-11-10-12-53(52)61(73)65-38-46-13-15-48(16-14-46)59-45(5)67-41-83-59/h13-20,35-37,41,50,52-53,60H,9-12,21-34,38-40H2,1-8H3,(H,65,73)(H,66,74)(H,68,75)(H,69,71)/t52?,53-,60?/m1/s1. The number of ether oxygens (including phenoxy) is 6. The van der Waals surface area contributed by atoms with Crippen LogP contribution in [0.2, 0.25) is 0 Å². The van der Waals surface area contributed by atoms with Crippen LogP contribution in [-0.4, -0.2) is 137 Å². The van der Waals surface area contributed by atoms with Gasteiger partial charge in [-0.05, 0) is 129 Å². The van der Waals surface area contributed by atoms with Gasteiger partial charge in [0, 0.05) is 83.9 Å². The van der Waals surface area contributed by atoms with Gasteiger partial charge >= 0.3 is 0 Å². The van der Waals surface area contributed by atoms with Gasteiger partial charge in [0.15, 0.2) is 5.78 Å². The zero-order valence-corrected chi connectivity index (χ0v) is 51.4. The van der Waals surface area contributed by atoms with E-state index in [0.717, 1.165) is 91.8 Å². The molecule has 2 aromatic heterocycles. The number of rotatable bonds is 32. The van der Waals surface area contributed by atoms with Gasteiger partial charge < -0.3 is 54.3 Å². The number of thiazole rings is 1. The Morgan fingerprint density at radius 1 is 0.759 bits per heavy atom. The van der Waals surface area contributed by atoms with Crippen LogP contribution < -0.4 is 26.4 Å². The van der Waals surface area contributed by atoms with E-state index < -0.39 is 29.2 Å². The van der Waals surface area contributed by atoms with E-state index in [9.17, 15) is 24.0 Å². The Morgan fingerprint density at radius 3 is 2.00 bits per heavy atom. The molecule has 3 amide bonds. The van der Waals surface area contributed by atoms with Gasteiger partial charge in [-0.1, -0.05) is 63.6 Å². The molecule has 1 aliphatic carbocycles. The number of carbonyl (C=O) groups excluding carboxylic acids is 4. The normalized spacial score (nSPS) is 16.0. The number of ketones is 1. The van der Waals surface area contributed by atoms with E-state index in [1.54, 1.807) is 23.1 Å². The van der Waals surface area contributed by atoms with Crippen LogP contribution in [0.4, 0.5) is 5.69 Å². The number of aromatic nitrogens is 2. The Morgan fingerprint density at radius 2 is 1.39 bits per heavy atom. The monoisotopic (exact) mass is 1180 g/mol. The summed E-state index contributed by atoms with van der Waals surface area (Å²) in [6.07, 6.45) is 3.84. The number of nitrogens with zero attached hydrogens (tertiary/aromatic N) is 2. The topological polar surface area (TPSA) is 209 Å². The van der Waals surface area contributed by atoms with Gasteiger partial charge in [-0.25, -0.2) is 4.98 Å². The molecule has 19 heteroatoms. The van der Waals surface area contributed by atoms with E-state index in [2.05, 4.69) is 68.1 Å². The van der Waals surface area contributed by atoms with Gasteiger partial charge in [-0.2, -0.15) is 0 Å². The van der Waals surface area contributed by atoms with Crippen molar-refractivity contribution >= 4 is 52.3 Å². The number of hydrogen-bond acceptors (Lipinski definition) is 15. The number of benzene rings is 3. The quantitative estimate of drug-likeness (QED) is 0.0234. The molecule has 0 radical (unpaired) electrons. The minimum absolute atomic E-state index is 0.118. The zero-order chi connectivity index (χ0) is 59.3. The van der Waals surface area contributed by atoms with Crippen molar-refractivity contribution in [3.8, 4) is 21.6 Å². The predicted octanol–water partition coefficient (Wildman–Crippen LogP) is 9.34. The first-order valence-electron chi connectivity index (χ1n) is 29.2. The summed E-state index contributed by atoms with van der Waals surface area (Å²) >= 11 is 3.31. The van der Waals surface area contributed by atoms with Crippen molar-refractivity contribution in [3.63, 3.8) is 0 Å². The van der Waals surface area contributed by atoms with Crippen LogP contribution in [-0.2, 0) is 55.9 Å². The number of pyridine rings is 1. The molecular formula is C64H86N6O11S2. The fourth-order valence-electron chi connectivity index (χ4n) is 10.8. The van der Waals surface area contributed by atoms with Crippen LogP contribution in [0.3, 0.4) is 0 Å². The summed E-state index contributed by atoms with van der Waals surface area (Å²) in [5, 5.41) is 9.01. The van der Waals surface area contributed by atoms with E-state index in [4.69, 9.17) is 28.4 Å². The number of aromatic amines is 1. The molecule has 450 valence electrons. The Balaban J connectivity index is 0.731. The number of nitrogens with one attached hydrogen (secondary N) is 4. The molecule has 2 aliphatic rings. The van der Waals surface area contributed by atoms with Gasteiger partial charge in [-0.3, -0.25) is 24.0 Å². The van der Waals surface area contributed by atoms with Crippen LogP contribution in [0.15, 0.2) is 81.9 Å². The van der Waals surface area contributed by atoms with E-state index in [1.165, 1.54) is 0 Å². The predicted molar refractivity (Wildman–Crippen MR) is 327 cm³/mol. The maximum absolute atomic E-state index is 14.0. The molecule has 3 aromatic carbocycles. The molecule has 3 heterocycles. The maximum atomic E-state index is 14.0. The molecule has 3 atom stereocenters. The highest BCUT2D eigenvalue weighted by Gasteiger charge is 2.44. The highest BCUT2D eigenvalue weighted by molar-refractivity contribution is 7.99. The third-order valence-electron chi connectivity index (χ3n) is 15.3. The van der Waals surface area contributed by atoms with Gasteiger partial charge in [0.2, 0.25) is 11.8 Å². The smallest absolute Gasteiger partial charge is 0.253 e. The lowest BCUT2D eigenvalue weighted by Gasteiger charge is -2.37. The summed E-state index contributed by atoms with van der Waals surface area (Å²) in [6.45, 7) is 21.7. The third-order valence-corrected chi connectivity index (χ3v) is 17.3. The maximum Gasteiger partial charge on any atom is 0.253 e. The second-order valence-electron chi connectivity index (χ2n) is 22.4. The minimum Gasteiger partial charge on any atom is -0.381 e. The molecule has 7 rings (SSSR count). The number of Topliss-reactive ketones (excluding diaryl/α,β-unsaturated/α-hetero) is 1. The number of H-pyrrole nitrogens is 1. The second-order valence-corrected chi connectivity index (χ2v) is 24.4. The number of hydrogen-bond donors (Lipinski definition) is 4. The largest absolute Gasteiger partial charge is 0.381 e. The Bertz CT molecular complexity index is 2950. The van der Waals surface area contributed by atoms with E-state index in [-0.39, 0.29) is 49.5 Å². The van der Waals surface area contributed by atoms with Crippen molar-refractivity contribution in [2.75, 3.05) is 96.5 Å². The number of amides is 3. The van der Waals surface area contributed by atoms with Crippen molar-refractivity contribution in [1.29, 1.82) is 0 Å². The first-order valence-corrected chi connectivity index (χ1v) is 31.1. The molecule has 1 aliphatic heterocycles. The first kappa shape index (κ1) is 64.8. The lowest BCUT2D eigenvalue weighted by atomic mass is 9.77. The SMILES string of the molecule is CCN(c1cc(-c2ccc(SCCOCCOCCOCCOCCOCC(=O)NC(C(=O)C3CCC[C@H]3C(=O)NCc3ccc(-c4scnc4C)cc3)C(C)(C)C)cc2)cc(C(=O)NCc2c(C)cc(C)[nH]c2=O)c1C)C1CCOCC1. The molecule has 83 heavy (non-hydrogen) atoms. The molecule has 2 unspecified atom stereocenters. The summed E-state index contributed by atoms with van der Waals surface area (Å²) in [4.78, 5) is 79.0. The zero-order valence-electron chi connectivity index (χ0n) is 49.8. The highest BCUT2D eigenvalue weighted by atomic mass is 32.2. The second kappa shape index (κ2) is 32.5. The Labute approximate surface area is 498 Å². The summed E-state index contributed by atoms with van der Waals surface area (Å²) in [7, 11) is 0. The van der Waals surface area contributed by atoms with Gasteiger partial charge in [-0.15, -0.1) is 23.1 Å². The molecule has 1 saturated heterocycles. The average Bonchev–Trinajstić information content (AvgIpc) is 4.26. The minimum atomic E-state index is -0.773. The van der Waals surface area contributed by atoms with Crippen LogP contribution in [0.1, 0.15) is 104 Å². The van der Waals surface area contributed by atoms with E-state index >= 15 is 0 Å². The van der Waals surface area contributed by atoms with Crippen LogP contribution in [0.25, 0.3) is 21.6 Å². The van der Waals surface area contributed by atoms with Crippen molar-refractivity contribution in [3.05, 3.63) is 122 Å². The fraction of sp³-hybridized carbons (Fsp3) is 0.531. The van der Waals surface area contributed by atoms with Crippen molar-refractivity contribution in [2.45, 2.75) is 118 Å². The summed E-state index contributed by atoms with van der Waals surface area (Å²) in [5.41, 5.74) is 10.8. The first-order chi connectivity index (χ1) is 40.0.